The van der Waals surface area contributed by atoms with Gasteiger partial charge in [-0.05, 0) is 25.1 Å². The first-order chi connectivity index (χ1) is 8.90. The summed E-state index contributed by atoms with van der Waals surface area (Å²) in [6, 6.07) is 2.58. The Morgan fingerprint density at radius 2 is 2.21 bits per heavy atom. The van der Waals surface area contributed by atoms with Crippen LogP contribution in [0.2, 0.25) is 5.02 Å². The molecule has 0 bridgehead atoms. The highest BCUT2D eigenvalue weighted by Gasteiger charge is 2.22. The van der Waals surface area contributed by atoms with Gasteiger partial charge in [-0.2, -0.15) is 0 Å². The fourth-order valence-electron chi connectivity index (χ4n) is 1.55. The van der Waals surface area contributed by atoms with Crippen LogP contribution < -0.4 is 4.72 Å². The van der Waals surface area contributed by atoms with Crippen LogP contribution in [0.5, 0.6) is 0 Å². The predicted octanol–water partition coefficient (Wildman–Crippen LogP) is 2.24. The molecule has 0 spiro atoms. The average Bonchev–Trinajstić information content (AvgIpc) is 2.85. The Hall–Kier alpha value is -1.44. The Morgan fingerprint density at radius 1 is 1.47 bits per heavy atom. The summed E-state index contributed by atoms with van der Waals surface area (Å²) >= 11 is 5.78. The van der Waals surface area contributed by atoms with Crippen molar-refractivity contribution < 1.29 is 12.8 Å². The van der Waals surface area contributed by atoms with E-state index < -0.39 is 21.9 Å². The van der Waals surface area contributed by atoms with Gasteiger partial charge in [-0.1, -0.05) is 11.6 Å². The van der Waals surface area contributed by atoms with Gasteiger partial charge in [-0.3, -0.25) is 0 Å². The van der Waals surface area contributed by atoms with Crippen LogP contribution >= 0.6 is 11.6 Å². The average molecular weight is 304 g/mol. The van der Waals surface area contributed by atoms with E-state index >= 15 is 0 Å². The summed E-state index contributed by atoms with van der Waals surface area (Å²) in [5.74, 6) is -0.216. The Labute approximate surface area is 114 Å². The maximum Gasteiger partial charge on any atom is 0.242 e. The monoisotopic (exact) mass is 303 g/mol. The second-order valence-electron chi connectivity index (χ2n) is 3.89. The van der Waals surface area contributed by atoms with E-state index in [1.807, 2.05) is 0 Å². The number of aromatic amines is 1. The third-order valence-electron chi connectivity index (χ3n) is 2.44. The summed E-state index contributed by atoms with van der Waals surface area (Å²) < 4.78 is 39.7. The summed E-state index contributed by atoms with van der Waals surface area (Å²) in [5, 5.41) is -0.0412. The lowest BCUT2D eigenvalue weighted by atomic mass is 10.3. The molecule has 1 unspecified atom stereocenters. The highest BCUT2D eigenvalue weighted by atomic mass is 35.5. The van der Waals surface area contributed by atoms with Gasteiger partial charge in [0.2, 0.25) is 10.0 Å². The van der Waals surface area contributed by atoms with Gasteiger partial charge in [0.1, 0.15) is 16.5 Å². The molecular formula is C11H11ClFN3O2S. The summed E-state index contributed by atoms with van der Waals surface area (Å²) in [7, 11) is -3.92. The Kier molecular flexibility index (Phi) is 3.88. The first-order valence-corrected chi connectivity index (χ1v) is 7.23. The van der Waals surface area contributed by atoms with Crippen molar-refractivity contribution in [1.82, 2.24) is 14.7 Å². The zero-order valence-corrected chi connectivity index (χ0v) is 11.5. The molecule has 1 aromatic carbocycles. The van der Waals surface area contributed by atoms with Crippen LogP contribution in [0.15, 0.2) is 35.5 Å². The minimum absolute atomic E-state index is 0.0412. The number of H-pyrrole nitrogens is 1. The zero-order chi connectivity index (χ0) is 14.0. The summed E-state index contributed by atoms with van der Waals surface area (Å²) in [6.07, 6.45) is 3.09. The van der Waals surface area contributed by atoms with Gasteiger partial charge in [0, 0.05) is 12.4 Å². The van der Waals surface area contributed by atoms with Gasteiger partial charge in [0.05, 0.1) is 11.1 Å². The maximum absolute atomic E-state index is 13.1. The van der Waals surface area contributed by atoms with Crippen molar-refractivity contribution in [2.24, 2.45) is 0 Å². The molecule has 0 aliphatic rings. The van der Waals surface area contributed by atoms with Crippen molar-refractivity contribution in [2.75, 3.05) is 0 Å². The quantitative estimate of drug-likeness (QED) is 0.909. The summed E-state index contributed by atoms with van der Waals surface area (Å²) in [5.41, 5.74) is 0. The molecular weight excluding hydrogens is 293 g/mol. The molecule has 0 saturated carbocycles. The predicted molar refractivity (Wildman–Crippen MR) is 68.7 cm³/mol. The largest absolute Gasteiger partial charge is 0.347 e. The van der Waals surface area contributed by atoms with E-state index in [2.05, 4.69) is 14.7 Å². The standard InChI is InChI=1S/C11H11ClFN3O2S/c1-7(11-14-4-5-15-11)16-19(17,18)10-6-8(13)2-3-9(10)12/h2-7,16H,1H3,(H,14,15). The highest BCUT2D eigenvalue weighted by molar-refractivity contribution is 7.89. The van der Waals surface area contributed by atoms with E-state index in [0.29, 0.717) is 5.82 Å². The lowest BCUT2D eigenvalue weighted by Gasteiger charge is -2.13. The van der Waals surface area contributed by atoms with E-state index in [-0.39, 0.29) is 9.92 Å². The highest BCUT2D eigenvalue weighted by Crippen LogP contribution is 2.23. The number of benzene rings is 1. The second kappa shape index (κ2) is 5.28. The molecule has 102 valence electrons. The van der Waals surface area contributed by atoms with Crippen LogP contribution in [-0.2, 0) is 10.0 Å². The van der Waals surface area contributed by atoms with Crippen LogP contribution in [0.25, 0.3) is 0 Å². The van der Waals surface area contributed by atoms with E-state index in [4.69, 9.17) is 11.6 Å². The Balaban J connectivity index is 2.30. The molecule has 1 aromatic heterocycles. The molecule has 0 aliphatic heterocycles. The number of hydrogen-bond acceptors (Lipinski definition) is 3. The van der Waals surface area contributed by atoms with E-state index in [0.717, 1.165) is 12.1 Å². The van der Waals surface area contributed by atoms with Crippen molar-refractivity contribution in [2.45, 2.75) is 17.9 Å². The molecule has 1 heterocycles. The number of halogens is 2. The van der Waals surface area contributed by atoms with Gasteiger partial charge in [-0.15, -0.1) is 0 Å². The van der Waals surface area contributed by atoms with Crippen molar-refractivity contribution >= 4 is 21.6 Å². The molecule has 2 N–H and O–H groups in total. The van der Waals surface area contributed by atoms with Crippen LogP contribution in [0.4, 0.5) is 4.39 Å². The summed E-state index contributed by atoms with van der Waals surface area (Å²) in [6.45, 7) is 1.61. The van der Waals surface area contributed by atoms with Gasteiger partial charge in [0.15, 0.2) is 0 Å². The molecule has 2 aromatic rings. The topological polar surface area (TPSA) is 74.8 Å². The van der Waals surface area contributed by atoms with Crippen LogP contribution in [0.3, 0.4) is 0 Å². The molecule has 19 heavy (non-hydrogen) atoms. The minimum Gasteiger partial charge on any atom is -0.347 e. The van der Waals surface area contributed by atoms with Crippen molar-refractivity contribution in [1.29, 1.82) is 0 Å². The van der Waals surface area contributed by atoms with Gasteiger partial charge in [-0.25, -0.2) is 22.5 Å². The molecule has 1 atom stereocenters. The number of aromatic nitrogens is 2. The zero-order valence-electron chi connectivity index (χ0n) is 9.89. The lowest BCUT2D eigenvalue weighted by Crippen LogP contribution is -2.27. The molecule has 0 radical (unpaired) electrons. The van der Waals surface area contributed by atoms with Gasteiger partial charge in [0.25, 0.3) is 0 Å². The number of imidazole rings is 1. The number of rotatable bonds is 4. The van der Waals surface area contributed by atoms with Crippen LogP contribution in [0.1, 0.15) is 18.8 Å². The van der Waals surface area contributed by atoms with Crippen LogP contribution in [0, 0.1) is 5.82 Å². The number of hydrogen-bond donors (Lipinski definition) is 2. The number of sulfonamides is 1. The first kappa shape index (κ1) is 14.0. The van der Waals surface area contributed by atoms with E-state index in [9.17, 15) is 12.8 Å². The van der Waals surface area contributed by atoms with Crippen LogP contribution in [-0.4, -0.2) is 18.4 Å². The third-order valence-corrected chi connectivity index (χ3v) is 4.47. The molecule has 8 heteroatoms. The SMILES string of the molecule is CC(NS(=O)(=O)c1cc(F)ccc1Cl)c1ncc[nH]1. The Morgan fingerprint density at radius 3 is 2.84 bits per heavy atom. The van der Waals surface area contributed by atoms with Crippen molar-refractivity contribution in [3.8, 4) is 0 Å². The second-order valence-corrected chi connectivity index (χ2v) is 5.98. The van der Waals surface area contributed by atoms with Gasteiger partial charge < -0.3 is 4.98 Å². The Bertz CT molecular complexity index is 673. The third kappa shape index (κ3) is 3.12. The normalized spacial score (nSPS) is 13.4. The van der Waals surface area contributed by atoms with Crippen molar-refractivity contribution in [3.63, 3.8) is 0 Å². The fraction of sp³-hybridized carbons (Fsp3) is 0.182. The van der Waals surface area contributed by atoms with E-state index in [1.54, 1.807) is 13.1 Å². The maximum atomic E-state index is 13.1. The lowest BCUT2D eigenvalue weighted by molar-refractivity contribution is 0.558. The first-order valence-electron chi connectivity index (χ1n) is 5.37. The van der Waals surface area contributed by atoms with Gasteiger partial charge >= 0.3 is 0 Å². The number of nitrogens with zero attached hydrogens (tertiary/aromatic N) is 1. The molecule has 5 nitrogen and oxygen atoms in total. The number of nitrogens with one attached hydrogen (secondary N) is 2. The molecule has 2 rings (SSSR count). The minimum atomic E-state index is -3.92. The summed E-state index contributed by atoms with van der Waals surface area (Å²) in [4.78, 5) is 6.44. The van der Waals surface area contributed by atoms with Crippen molar-refractivity contribution in [3.05, 3.63) is 47.3 Å². The fourth-order valence-corrected chi connectivity index (χ4v) is 3.27. The molecule has 0 aliphatic carbocycles. The van der Waals surface area contributed by atoms with E-state index in [1.165, 1.54) is 12.3 Å². The molecule has 0 amide bonds. The molecule has 0 saturated heterocycles. The smallest absolute Gasteiger partial charge is 0.242 e. The molecule has 0 fully saturated rings.